The molecule has 0 N–H and O–H groups in total. The van der Waals surface area contributed by atoms with Crippen LogP contribution in [0.15, 0.2) is 23.2 Å². The Morgan fingerprint density at radius 1 is 1.38 bits per heavy atom. The molecule has 0 radical (unpaired) electrons. The minimum atomic E-state index is -0.282. The summed E-state index contributed by atoms with van der Waals surface area (Å²) in [5.41, 5.74) is 1.62. The van der Waals surface area contributed by atoms with Crippen molar-refractivity contribution in [3.8, 4) is 0 Å². The third-order valence-corrected chi connectivity index (χ3v) is 1.75. The van der Waals surface area contributed by atoms with Crippen LogP contribution in [-0.2, 0) is 17.8 Å². The van der Waals surface area contributed by atoms with Crippen LogP contribution in [0.3, 0.4) is 0 Å². The molecule has 0 bridgehead atoms. The summed E-state index contributed by atoms with van der Waals surface area (Å²) in [6.45, 7) is 2.15. The summed E-state index contributed by atoms with van der Waals surface area (Å²) in [6, 6.07) is 4.69. The average Bonchev–Trinajstić information content (AvgIpc) is 2.14. The zero-order chi connectivity index (χ0) is 9.68. The first-order valence-corrected chi connectivity index (χ1v) is 4.08. The molecular formula is C10H10FNO. The first-order chi connectivity index (χ1) is 6.26. The Labute approximate surface area is 76.1 Å². The predicted octanol–water partition coefficient (Wildman–Crippen LogP) is 2.22. The van der Waals surface area contributed by atoms with E-state index in [2.05, 4.69) is 4.99 Å². The van der Waals surface area contributed by atoms with Crippen LogP contribution >= 0.6 is 0 Å². The van der Waals surface area contributed by atoms with E-state index < -0.39 is 0 Å². The lowest BCUT2D eigenvalue weighted by Crippen LogP contribution is -1.88. The summed E-state index contributed by atoms with van der Waals surface area (Å²) in [4.78, 5) is 13.2. The molecule has 0 aliphatic heterocycles. The first-order valence-electron chi connectivity index (χ1n) is 4.08. The first kappa shape index (κ1) is 9.62. The summed E-state index contributed by atoms with van der Waals surface area (Å²) in [6.07, 6.45) is 2.20. The summed E-state index contributed by atoms with van der Waals surface area (Å²) in [5.74, 6) is -0.282. The standard InChI is InChI=1S/C10H10FNO/c1-2-8-3-9(6-12-7-13)5-10(11)4-8/h3-5H,2,6H2,1H3. The van der Waals surface area contributed by atoms with E-state index in [1.54, 1.807) is 0 Å². The number of rotatable bonds is 3. The molecule has 13 heavy (non-hydrogen) atoms. The molecule has 0 saturated carbocycles. The highest BCUT2D eigenvalue weighted by molar-refractivity contribution is 5.34. The Bertz CT molecular complexity index is 343. The van der Waals surface area contributed by atoms with E-state index in [0.29, 0.717) is 5.56 Å². The quantitative estimate of drug-likeness (QED) is 0.516. The minimum absolute atomic E-state index is 0.203. The molecule has 1 aromatic carbocycles. The molecule has 0 aliphatic rings. The molecule has 0 spiro atoms. The SMILES string of the molecule is CCc1cc(F)cc(CN=C=O)c1. The second-order valence-electron chi connectivity index (χ2n) is 2.73. The van der Waals surface area contributed by atoms with Crippen LogP contribution in [0.2, 0.25) is 0 Å². The third kappa shape index (κ3) is 2.80. The van der Waals surface area contributed by atoms with Gasteiger partial charge in [-0.2, -0.15) is 0 Å². The van der Waals surface area contributed by atoms with Crippen molar-refractivity contribution in [1.29, 1.82) is 0 Å². The van der Waals surface area contributed by atoms with E-state index in [-0.39, 0.29) is 12.4 Å². The van der Waals surface area contributed by atoms with Gasteiger partial charge in [0.1, 0.15) is 5.82 Å². The number of hydrogen-bond acceptors (Lipinski definition) is 2. The zero-order valence-corrected chi connectivity index (χ0v) is 7.38. The van der Waals surface area contributed by atoms with Gasteiger partial charge in [-0.05, 0) is 29.7 Å². The van der Waals surface area contributed by atoms with Crippen LogP contribution in [0.25, 0.3) is 0 Å². The van der Waals surface area contributed by atoms with E-state index in [4.69, 9.17) is 0 Å². The van der Waals surface area contributed by atoms with Gasteiger partial charge in [-0.25, -0.2) is 14.2 Å². The Morgan fingerprint density at radius 2 is 2.08 bits per heavy atom. The van der Waals surface area contributed by atoms with Gasteiger partial charge in [-0.3, -0.25) is 0 Å². The van der Waals surface area contributed by atoms with Crippen LogP contribution < -0.4 is 0 Å². The van der Waals surface area contributed by atoms with Gasteiger partial charge < -0.3 is 0 Å². The normalized spacial score (nSPS) is 9.38. The van der Waals surface area contributed by atoms with Crippen molar-refractivity contribution < 1.29 is 9.18 Å². The fourth-order valence-corrected chi connectivity index (χ4v) is 1.14. The lowest BCUT2D eigenvalue weighted by atomic mass is 10.1. The number of aryl methyl sites for hydroxylation is 1. The molecule has 0 atom stereocenters. The van der Waals surface area contributed by atoms with Crippen LogP contribution in [0.5, 0.6) is 0 Å². The Kier molecular flexibility index (Phi) is 3.35. The van der Waals surface area contributed by atoms with Crippen molar-refractivity contribution in [2.24, 2.45) is 4.99 Å². The molecule has 68 valence electrons. The Hall–Kier alpha value is -1.47. The van der Waals surface area contributed by atoms with Gasteiger partial charge in [-0.15, -0.1) is 0 Å². The highest BCUT2D eigenvalue weighted by Gasteiger charge is 1.98. The fraction of sp³-hybridized carbons (Fsp3) is 0.300. The predicted molar refractivity (Wildman–Crippen MR) is 47.6 cm³/mol. The molecule has 0 amide bonds. The zero-order valence-electron chi connectivity index (χ0n) is 7.38. The molecule has 0 fully saturated rings. The number of hydrogen-bond donors (Lipinski definition) is 0. The van der Waals surface area contributed by atoms with Crippen LogP contribution in [0, 0.1) is 5.82 Å². The molecular weight excluding hydrogens is 169 g/mol. The van der Waals surface area contributed by atoms with E-state index in [0.717, 1.165) is 12.0 Å². The number of nitrogens with zero attached hydrogens (tertiary/aromatic N) is 1. The summed E-state index contributed by atoms with van der Waals surface area (Å²) in [5, 5.41) is 0. The smallest absolute Gasteiger partial charge is 0.211 e. The Balaban J connectivity index is 2.93. The molecule has 0 saturated heterocycles. The number of carbonyl (C=O) groups excluding carboxylic acids is 1. The van der Waals surface area contributed by atoms with E-state index in [9.17, 15) is 9.18 Å². The summed E-state index contributed by atoms with van der Waals surface area (Å²) in [7, 11) is 0. The number of benzene rings is 1. The second kappa shape index (κ2) is 4.53. The summed E-state index contributed by atoms with van der Waals surface area (Å²) >= 11 is 0. The van der Waals surface area contributed by atoms with Gasteiger partial charge in [0.25, 0.3) is 0 Å². The van der Waals surface area contributed by atoms with E-state index in [1.165, 1.54) is 18.2 Å². The van der Waals surface area contributed by atoms with Gasteiger partial charge in [0.15, 0.2) is 0 Å². The van der Waals surface area contributed by atoms with Crippen molar-refractivity contribution in [2.75, 3.05) is 0 Å². The molecule has 1 rings (SSSR count). The monoisotopic (exact) mass is 179 g/mol. The maximum Gasteiger partial charge on any atom is 0.235 e. The number of halogens is 1. The molecule has 0 heterocycles. The van der Waals surface area contributed by atoms with Gasteiger partial charge in [-0.1, -0.05) is 13.0 Å². The molecule has 3 heteroatoms. The molecule has 1 aromatic rings. The lowest BCUT2D eigenvalue weighted by molar-refractivity contribution is 0.562. The molecule has 0 unspecified atom stereocenters. The van der Waals surface area contributed by atoms with Gasteiger partial charge >= 0.3 is 0 Å². The maximum absolute atomic E-state index is 12.9. The van der Waals surface area contributed by atoms with Crippen LogP contribution in [-0.4, -0.2) is 6.08 Å². The van der Waals surface area contributed by atoms with E-state index >= 15 is 0 Å². The Morgan fingerprint density at radius 3 is 2.69 bits per heavy atom. The number of isocyanates is 1. The van der Waals surface area contributed by atoms with Crippen LogP contribution in [0.1, 0.15) is 18.1 Å². The van der Waals surface area contributed by atoms with Gasteiger partial charge in [0, 0.05) is 0 Å². The highest BCUT2D eigenvalue weighted by Crippen LogP contribution is 2.10. The maximum atomic E-state index is 12.9. The van der Waals surface area contributed by atoms with Crippen molar-refractivity contribution in [3.05, 3.63) is 35.1 Å². The minimum Gasteiger partial charge on any atom is -0.211 e. The topological polar surface area (TPSA) is 29.4 Å². The van der Waals surface area contributed by atoms with Crippen molar-refractivity contribution in [1.82, 2.24) is 0 Å². The lowest BCUT2D eigenvalue weighted by Gasteiger charge is -2.00. The van der Waals surface area contributed by atoms with Crippen molar-refractivity contribution in [3.63, 3.8) is 0 Å². The largest absolute Gasteiger partial charge is 0.235 e. The average molecular weight is 179 g/mol. The van der Waals surface area contributed by atoms with Gasteiger partial charge in [0.2, 0.25) is 6.08 Å². The second-order valence-corrected chi connectivity index (χ2v) is 2.73. The fourth-order valence-electron chi connectivity index (χ4n) is 1.14. The number of aliphatic imine (C=N–C) groups is 1. The van der Waals surface area contributed by atoms with Crippen LogP contribution in [0.4, 0.5) is 4.39 Å². The van der Waals surface area contributed by atoms with Gasteiger partial charge in [0.05, 0.1) is 6.54 Å². The third-order valence-electron chi connectivity index (χ3n) is 1.75. The van der Waals surface area contributed by atoms with Crippen molar-refractivity contribution >= 4 is 6.08 Å². The highest BCUT2D eigenvalue weighted by atomic mass is 19.1. The van der Waals surface area contributed by atoms with E-state index in [1.807, 2.05) is 13.0 Å². The van der Waals surface area contributed by atoms with Crippen molar-refractivity contribution in [2.45, 2.75) is 19.9 Å². The molecule has 0 aliphatic carbocycles. The molecule has 0 aromatic heterocycles. The summed E-state index contributed by atoms with van der Waals surface area (Å²) < 4.78 is 12.9. The molecule has 2 nitrogen and oxygen atoms in total.